The third kappa shape index (κ3) is 1.31. The first-order chi connectivity index (χ1) is 5.86. The van der Waals surface area contributed by atoms with E-state index in [2.05, 4.69) is 9.97 Å². The van der Waals surface area contributed by atoms with E-state index in [9.17, 15) is 0 Å². The fourth-order valence-electron chi connectivity index (χ4n) is 0.864. The Morgan fingerprint density at radius 3 is 2.75 bits per heavy atom. The zero-order chi connectivity index (χ0) is 8.39. The van der Waals surface area contributed by atoms with Crippen LogP contribution in [0.5, 0.6) is 0 Å². The molecule has 0 aliphatic heterocycles. The summed E-state index contributed by atoms with van der Waals surface area (Å²) < 4.78 is 5.04. The second-order valence-corrected chi connectivity index (χ2v) is 2.66. The van der Waals surface area contributed by atoms with Gasteiger partial charge >= 0.3 is 0 Å². The van der Waals surface area contributed by atoms with Gasteiger partial charge in [-0.1, -0.05) is 11.6 Å². The normalized spacial score (nSPS) is 10.1. The van der Waals surface area contributed by atoms with Gasteiger partial charge in [0.05, 0.1) is 11.2 Å². The summed E-state index contributed by atoms with van der Waals surface area (Å²) in [6, 6.07) is 3.54. The molecule has 0 aliphatic carbocycles. The zero-order valence-electron chi connectivity index (χ0n) is 6.07. The Balaban J connectivity index is 2.43. The smallest absolute Gasteiger partial charge is 0.181 e. The molecule has 2 aromatic rings. The van der Waals surface area contributed by atoms with Crippen LogP contribution in [0, 0.1) is 0 Å². The van der Waals surface area contributed by atoms with Crippen molar-refractivity contribution < 1.29 is 4.42 Å². The highest BCUT2D eigenvalue weighted by molar-refractivity contribution is 6.30. The minimum absolute atomic E-state index is 0.610. The summed E-state index contributed by atoms with van der Waals surface area (Å²) in [5.41, 5.74) is 0.733. The molecule has 0 amide bonds. The van der Waals surface area contributed by atoms with Gasteiger partial charge in [-0.05, 0) is 12.1 Å². The number of rotatable bonds is 1. The van der Waals surface area contributed by atoms with Gasteiger partial charge in [-0.3, -0.25) is 4.98 Å². The number of hydrogen-bond acceptors (Lipinski definition) is 3. The van der Waals surface area contributed by atoms with Crippen molar-refractivity contribution in [2.75, 3.05) is 0 Å². The minimum Gasteiger partial charge on any atom is -0.442 e. The number of aromatic nitrogens is 2. The monoisotopic (exact) mass is 180 g/mol. The van der Waals surface area contributed by atoms with Crippen molar-refractivity contribution >= 4 is 11.6 Å². The summed E-state index contributed by atoms with van der Waals surface area (Å²) >= 11 is 5.66. The Kier molecular flexibility index (Phi) is 1.80. The molecule has 60 valence electrons. The number of oxazole rings is 1. The molecule has 0 saturated carbocycles. The molecule has 2 rings (SSSR count). The van der Waals surface area contributed by atoms with Gasteiger partial charge in [0.15, 0.2) is 12.2 Å². The maximum Gasteiger partial charge on any atom is 0.181 e. The lowest BCUT2D eigenvalue weighted by molar-refractivity contribution is 0.570. The Labute approximate surface area is 74.0 Å². The fraction of sp³-hybridized carbons (Fsp3) is 0. The van der Waals surface area contributed by atoms with Crippen molar-refractivity contribution in [1.82, 2.24) is 9.97 Å². The first-order valence-corrected chi connectivity index (χ1v) is 3.74. The fourth-order valence-corrected chi connectivity index (χ4v) is 0.976. The predicted octanol–water partition coefficient (Wildman–Crippen LogP) is 2.39. The lowest BCUT2D eigenvalue weighted by atomic mass is 10.3. The van der Waals surface area contributed by atoms with Crippen molar-refractivity contribution in [2.24, 2.45) is 0 Å². The van der Waals surface area contributed by atoms with Crippen molar-refractivity contribution in [3.8, 4) is 11.5 Å². The van der Waals surface area contributed by atoms with Crippen LogP contribution in [0.1, 0.15) is 0 Å². The molecule has 0 saturated heterocycles. The van der Waals surface area contributed by atoms with Gasteiger partial charge in [-0.2, -0.15) is 0 Å². The van der Waals surface area contributed by atoms with E-state index in [4.69, 9.17) is 16.0 Å². The van der Waals surface area contributed by atoms with Crippen LogP contribution in [-0.2, 0) is 0 Å². The van der Waals surface area contributed by atoms with Crippen molar-refractivity contribution in [1.29, 1.82) is 0 Å². The maximum absolute atomic E-state index is 5.66. The SMILES string of the molecule is Clc1ccc(-c2cnco2)nc1. The summed E-state index contributed by atoms with van der Waals surface area (Å²) in [5, 5.41) is 0.610. The van der Waals surface area contributed by atoms with Gasteiger partial charge in [0, 0.05) is 6.20 Å². The second kappa shape index (κ2) is 2.95. The Morgan fingerprint density at radius 2 is 2.17 bits per heavy atom. The highest BCUT2D eigenvalue weighted by atomic mass is 35.5. The molecule has 12 heavy (non-hydrogen) atoms. The highest BCUT2D eigenvalue weighted by Crippen LogP contribution is 2.17. The number of hydrogen-bond donors (Lipinski definition) is 0. The molecular weight excluding hydrogens is 176 g/mol. The summed E-state index contributed by atoms with van der Waals surface area (Å²) in [6.07, 6.45) is 4.54. The van der Waals surface area contributed by atoms with Crippen LogP contribution < -0.4 is 0 Å². The molecule has 2 heterocycles. The van der Waals surface area contributed by atoms with Gasteiger partial charge in [-0.25, -0.2) is 4.98 Å². The molecule has 0 N–H and O–H groups in total. The average molecular weight is 181 g/mol. The summed E-state index contributed by atoms with van der Waals surface area (Å²) in [6.45, 7) is 0. The van der Waals surface area contributed by atoms with Gasteiger partial charge < -0.3 is 4.42 Å². The lowest BCUT2D eigenvalue weighted by Crippen LogP contribution is -1.78. The molecule has 0 bridgehead atoms. The average Bonchev–Trinajstić information content (AvgIpc) is 2.58. The molecule has 0 atom stereocenters. The highest BCUT2D eigenvalue weighted by Gasteiger charge is 2.00. The second-order valence-electron chi connectivity index (χ2n) is 2.23. The van der Waals surface area contributed by atoms with E-state index < -0.39 is 0 Å². The van der Waals surface area contributed by atoms with E-state index in [0.29, 0.717) is 10.8 Å². The van der Waals surface area contributed by atoms with E-state index in [0.717, 1.165) is 5.69 Å². The molecule has 0 aliphatic rings. The third-order valence-corrected chi connectivity index (χ3v) is 1.64. The Morgan fingerprint density at radius 1 is 1.25 bits per heavy atom. The van der Waals surface area contributed by atoms with Crippen LogP contribution in [0.25, 0.3) is 11.5 Å². The first kappa shape index (κ1) is 7.31. The quantitative estimate of drug-likeness (QED) is 0.677. The van der Waals surface area contributed by atoms with Crippen LogP contribution in [0.15, 0.2) is 35.3 Å². The predicted molar refractivity (Wildman–Crippen MR) is 44.7 cm³/mol. The molecule has 4 heteroatoms. The number of pyridine rings is 1. The van der Waals surface area contributed by atoms with Gasteiger partial charge in [0.1, 0.15) is 5.69 Å². The van der Waals surface area contributed by atoms with Crippen LogP contribution in [0.2, 0.25) is 5.02 Å². The largest absolute Gasteiger partial charge is 0.442 e. The first-order valence-electron chi connectivity index (χ1n) is 3.37. The van der Waals surface area contributed by atoms with E-state index in [1.54, 1.807) is 24.5 Å². The van der Waals surface area contributed by atoms with E-state index in [1.807, 2.05) is 0 Å². The van der Waals surface area contributed by atoms with Crippen LogP contribution in [0.4, 0.5) is 0 Å². The summed E-state index contributed by atoms with van der Waals surface area (Å²) in [4.78, 5) is 7.84. The molecule has 0 unspecified atom stereocenters. The topological polar surface area (TPSA) is 38.9 Å². The Bertz CT molecular complexity index is 355. The van der Waals surface area contributed by atoms with Crippen molar-refractivity contribution in [2.45, 2.75) is 0 Å². The van der Waals surface area contributed by atoms with Crippen LogP contribution >= 0.6 is 11.6 Å². The molecule has 0 aromatic carbocycles. The van der Waals surface area contributed by atoms with E-state index in [1.165, 1.54) is 6.39 Å². The molecule has 0 spiro atoms. The van der Waals surface area contributed by atoms with Crippen molar-refractivity contribution in [3.63, 3.8) is 0 Å². The molecule has 0 fully saturated rings. The summed E-state index contributed by atoms with van der Waals surface area (Å²) in [5.74, 6) is 0.645. The van der Waals surface area contributed by atoms with Gasteiger partial charge in [-0.15, -0.1) is 0 Å². The molecule has 3 nitrogen and oxygen atoms in total. The van der Waals surface area contributed by atoms with Gasteiger partial charge in [0.25, 0.3) is 0 Å². The van der Waals surface area contributed by atoms with Crippen molar-refractivity contribution in [3.05, 3.63) is 35.9 Å². The lowest BCUT2D eigenvalue weighted by Gasteiger charge is -1.93. The third-order valence-electron chi connectivity index (χ3n) is 1.41. The maximum atomic E-state index is 5.66. The summed E-state index contributed by atoms with van der Waals surface area (Å²) in [7, 11) is 0. The zero-order valence-corrected chi connectivity index (χ0v) is 6.82. The standard InChI is InChI=1S/C8H5ClN2O/c9-6-1-2-7(11-3-6)8-4-10-5-12-8/h1-5H. The molecule has 0 radical (unpaired) electrons. The molecular formula is C8H5ClN2O. The number of nitrogens with zero attached hydrogens (tertiary/aromatic N) is 2. The van der Waals surface area contributed by atoms with E-state index in [-0.39, 0.29) is 0 Å². The van der Waals surface area contributed by atoms with Gasteiger partial charge in [0.2, 0.25) is 0 Å². The molecule has 2 aromatic heterocycles. The van der Waals surface area contributed by atoms with E-state index >= 15 is 0 Å². The number of halogens is 1. The van der Waals surface area contributed by atoms with Crippen LogP contribution in [0.3, 0.4) is 0 Å². The Hall–Kier alpha value is -1.35. The van der Waals surface area contributed by atoms with Crippen LogP contribution in [-0.4, -0.2) is 9.97 Å². The minimum atomic E-state index is 0.610.